The molecule has 0 aliphatic rings. The Bertz CT molecular complexity index is 580. The quantitative estimate of drug-likeness (QED) is 0.667. The predicted molar refractivity (Wildman–Crippen MR) is 71.4 cm³/mol. The van der Waals surface area contributed by atoms with Crippen LogP contribution in [0.4, 0.5) is 4.39 Å². The van der Waals surface area contributed by atoms with E-state index < -0.39 is 11.9 Å². The van der Waals surface area contributed by atoms with Crippen LogP contribution in [0.15, 0.2) is 36.7 Å². The van der Waals surface area contributed by atoms with Crippen LogP contribution in [0, 0.1) is 5.82 Å². The SMILES string of the molecule is COc1ccc(C(NN)c2ccncc2Cl)cc1F. The number of nitrogens with zero attached hydrogens (tertiary/aromatic N) is 1. The van der Waals surface area contributed by atoms with Crippen LogP contribution in [0.5, 0.6) is 5.75 Å². The van der Waals surface area contributed by atoms with Crippen LogP contribution >= 0.6 is 11.6 Å². The second kappa shape index (κ2) is 5.97. The van der Waals surface area contributed by atoms with Crippen LogP contribution < -0.4 is 16.0 Å². The van der Waals surface area contributed by atoms with Gasteiger partial charge in [-0.2, -0.15) is 0 Å². The first-order chi connectivity index (χ1) is 9.17. The van der Waals surface area contributed by atoms with Gasteiger partial charge in [-0.05, 0) is 29.3 Å². The molecule has 4 nitrogen and oxygen atoms in total. The van der Waals surface area contributed by atoms with Gasteiger partial charge in [0.25, 0.3) is 0 Å². The summed E-state index contributed by atoms with van der Waals surface area (Å²) >= 11 is 6.07. The van der Waals surface area contributed by atoms with Crippen LogP contribution in [0.2, 0.25) is 5.02 Å². The molecular weight excluding hydrogens is 269 g/mol. The van der Waals surface area contributed by atoms with Crippen molar-refractivity contribution >= 4 is 11.6 Å². The third-order valence-electron chi connectivity index (χ3n) is 2.79. The molecule has 0 spiro atoms. The van der Waals surface area contributed by atoms with Gasteiger partial charge in [-0.25, -0.2) is 9.82 Å². The Labute approximate surface area is 115 Å². The minimum Gasteiger partial charge on any atom is -0.494 e. The zero-order valence-electron chi connectivity index (χ0n) is 10.2. The molecular formula is C13H13ClFN3O. The van der Waals surface area contributed by atoms with Gasteiger partial charge in [0.05, 0.1) is 18.2 Å². The lowest BCUT2D eigenvalue weighted by Gasteiger charge is -2.18. The Balaban J connectivity index is 2.43. The summed E-state index contributed by atoms with van der Waals surface area (Å²) in [6.07, 6.45) is 3.12. The highest BCUT2D eigenvalue weighted by atomic mass is 35.5. The van der Waals surface area contributed by atoms with Gasteiger partial charge in [-0.3, -0.25) is 10.8 Å². The number of nitrogens with two attached hydrogens (primary N) is 1. The van der Waals surface area contributed by atoms with Crippen LogP contribution in [0.25, 0.3) is 0 Å². The van der Waals surface area contributed by atoms with Crippen molar-refractivity contribution in [1.29, 1.82) is 0 Å². The first-order valence-electron chi connectivity index (χ1n) is 5.56. The van der Waals surface area contributed by atoms with E-state index in [4.69, 9.17) is 22.2 Å². The van der Waals surface area contributed by atoms with Crippen molar-refractivity contribution in [2.24, 2.45) is 5.84 Å². The summed E-state index contributed by atoms with van der Waals surface area (Å²) in [5.74, 6) is 5.27. The highest BCUT2D eigenvalue weighted by molar-refractivity contribution is 6.31. The van der Waals surface area contributed by atoms with Crippen molar-refractivity contribution < 1.29 is 9.13 Å². The monoisotopic (exact) mass is 281 g/mol. The number of hydrogen-bond acceptors (Lipinski definition) is 4. The summed E-state index contributed by atoms with van der Waals surface area (Å²) in [5, 5.41) is 0.460. The third-order valence-corrected chi connectivity index (χ3v) is 3.11. The largest absolute Gasteiger partial charge is 0.494 e. The van der Waals surface area contributed by atoms with E-state index in [-0.39, 0.29) is 5.75 Å². The molecule has 1 aromatic heterocycles. The van der Waals surface area contributed by atoms with Crippen molar-refractivity contribution in [2.45, 2.75) is 6.04 Å². The minimum atomic E-state index is -0.453. The Hall–Kier alpha value is -1.69. The van der Waals surface area contributed by atoms with Gasteiger partial charge in [-0.15, -0.1) is 0 Å². The molecule has 3 N–H and O–H groups in total. The maximum Gasteiger partial charge on any atom is 0.165 e. The summed E-state index contributed by atoms with van der Waals surface area (Å²) in [6, 6.07) is 5.94. The van der Waals surface area contributed by atoms with Gasteiger partial charge < -0.3 is 4.74 Å². The van der Waals surface area contributed by atoms with Crippen molar-refractivity contribution in [3.63, 3.8) is 0 Å². The van der Waals surface area contributed by atoms with Gasteiger partial charge in [0.2, 0.25) is 0 Å². The lowest BCUT2D eigenvalue weighted by Crippen LogP contribution is -2.29. The standard InChI is InChI=1S/C13H13ClFN3O/c1-19-12-3-2-8(6-11(12)15)13(18-16)9-4-5-17-7-10(9)14/h2-7,13,18H,16H2,1H3. The number of ether oxygens (including phenoxy) is 1. The molecule has 2 aromatic rings. The number of benzene rings is 1. The summed E-state index contributed by atoms with van der Waals surface area (Å²) < 4.78 is 18.6. The molecule has 0 radical (unpaired) electrons. The lowest BCUT2D eigenvalue weighted by molar-refractivity contribution is 0.385. The topological polar surface area (TPSA) is 60.2 Å². The Morgan fingerprint density at radius 3 is 2.79 bits per heavy atom. The summed E-state index contributed by atoms with van der Waals surface area (Å²) in [5.41, 5.74) is 3.99. The highest BCUT2D eigenvalue weighted by Gasteiger charge is 2.17. The predicted octanol–water partition coefficient (Wildman–Crippen LogP) is 2.44. The molecule has 1 heterocycles. The second-order valence-corrected chi connectivity index (χ2v) is 4.30. The van der Waals surface area contributed by atoms with Gasteiger partial charge in [0, 0.05) is 12.4 Å². The maximum atomic E-state index is 13.7. The van der Waals surface area contributed by atoms with Gasteiger partial charge in [0.15, 0.2) is 11.6 Å². The molecule has 0 saturated heterocycles. The molecule has 6 heteroatoms. The average Bonchev–Trinajstić information content (AvgIpc) is 2.42. The number of pyridine rings is 1. The summed E-state index contributed by atoms with van der Waals surface area (Å²) in [6.45, 7) is 0. The van der Waals surface area contributed by atoms with Crippen LogP contribution in [-0.4, -0.2) is 12.1 Å². The lowest BCUT2D eigenvalue weighted by atomic mass is 10.00. The molecule has 0 fully saturated rings. The van der Waals surface area contributed by atoms with E-state index in [9.17, 15) is 4.39 Å². The van der Waals surface area contributed by atoms with E-state index in [1.54, 1.807) is 24.4 Å². The van der Waals surface area contributed by atoms with E-state index in [0.717, 1.165) is 5.56 Å². The zero-order valence-corrected chi connectivity index (χ0v) is 11.0. The molecule has 0 aliphatic heterocycles. The smallest absolute Gasteiger partial charge is 0.165 e. The molecule has 100 valence electrons. The Morgan fingerprint density at radius 1 is 1.42 bits per heavy atom. The first-order valence-corrected chi connectivity index (χ1v) is 5.94. The zero-order chi connectivity index (χ0) is 13.8. The van der Waals surface area contributed by atoms with Crippen molar-refractivity contribution in [3.8, 4) is 5.75 Å². The van der Waals surface area contributed by atoms with Crippen LogP contribution in [0.1, 0.15) is 17.2 Å². The van der Waals surface area contributed by atoms with Gasteiger partial charge in [-0.1, -0.05) is 17.7 Å². The maximum absolute atomic E-state index is 13.7. The van der Waals surface area contributed by atoms with E-state index in [1.165, 1.54) is 19.4 Å². The number of hydrazine groups is 1. The van der Waals surface area contributed by atoms with Gasteiger partial charge >= 0.3 is 0 Å². The molecule has 0 bridgehead atoms. The Kier molecular flexibility index (Phi) is 4.31. The van der Waals surface area contributed by atoms with Crippen molar-refractivity contribution in [3.05, 3.63) is 58.6 Å². The molecule has 19 heavy (non-hydrogen) atoms. The fraction of sp³-hybridized carbons (Fsp3) is 0.154. The van der Waals surface area contributed by atoms with Crippen LogP contribution in [0.3, 0.4) is 0 Å². The number of aromatic nitrogens is 1. The highest BCUT2D eigenvalue weighted by Crippen LogP contribution is 2.29. The van der Waals surface area contributed by atoms with E-state index >= 15 is 0 Å². The molecule has 1 atom stereocenters. The first kappa shape index (κ1) is 13.7. The van der Waals surface area contributed by atoms with Crippen molar-refractivity contribution in [1.82, 2.24) is 10.4 Å². The minimum absolute atomic E-state index is 0.181. The fourth-order valence-corrected chi connectivity index (χ4v) is 2.08. The molecule has 2 rings (SSSR count). The number of halogens is 2. The fourth-order valence-electron chi connectivity index (χ4n) is 1.85. The number of methoxy groups -OCH3 is 1. The molecule has 0 amide bonds. The third kappa shape index (κ3) is 2.84. The average molecular weight is 282 g/mol. The summed E-state index contributed by atoms with van der Waals surface area (Å²) in [7, 11) is 1.41. The van der Waals surface area contributed by atoms with E-state index in [2.05, 4.69) is 10.4 Å². The normalized spacial score (nSPS) is 12.2. The Morgan fingerprint density at radius 2 is 2.21 bits per heavy atom. The number of nitrogens with one attached hydrogen (secondary N) is 1. The molecule has 1 aromatic carbocycles. The summed E-state index contributed by atoms with van der Waals surface area (Å²) in [4.78, 5) is 3.91. The second-order valence-electron chi connectivity index (χ2n) is 3.89. The number of hydrogen-bond donors (Lipinski definition) is 2. The van der Waals surface area contributed by atoms with Gasteiger partial charge in [0.1, 0.15) is 0 Å². The number of rotatable bonds is 4. The van der Waals surface area contributed by atoms with E-state index in [1.807, 2.05) is 0 Å². The molecule has 0 saturated carbocycles. The van der Waals surface area contributed by atoms with Crippen LogP contribution in [-0.2, 0) is 0 Å². The molecule has 0 aliphatic carbocycles. The van der Waals surface area contributed by atoms with Crippen molar-refractivity contribution in [2.75, 3.05) is 7.11 Å². The molecule has 1 unspecified atom stereocenters. The van der Waals surface area contributed by atoms with E-state index in [0.29, 0.717) is 10.6 Å².